The fourth-order valence-corrected chi connectivity index (χ4v) is 5.00. The van der Waals surface area contributed by atoms with Gasteiger partial charge in [0, 0.05) is 28.8 Å². The van der Waals surface area contributed by atoms with E-state index in [9.17, 15) is 0 Å². The molecule has 8 heteroatoms. The smallest absolute Gasteiger partial charge is 0.151 e. The molecule has 6 rings (SSSR count). The number of benzene rings is 2. The molecule has 0 bridgehead atoms. The van der Waals surface area contributed by atoms with Crippen LogP contribution in [0.2, 0.25) is 0 Å². The number of nitrogens with one attached hydrogen (secondary N) is 1. The van der Waals surface area contributed by atoms with Gasteiger partial charge in [-0.2, -0.15) is 10.2 Å². The second-order valence-electron chi connectivity index (χ2n) is 8.85. The standard InChI is InChI=1S/C26H27N7.ClH/c27-26-25-22(14-24(33(25)30-17-29-26)19-7-4-11-28-12-10-19)20-8-9-21-16-32(31-23(21)13-20)15-18-5-2-1-3-6-18;/h1-3,5-6,8-9,13-14,16-17,19,28H,4,7,10-12,15H2,(H2,27,29,30);1H. The predicted octanol–water partition coefficient (Wildman–Crippen LogP) is 4.66. The van der Waals surface area contributed by atoms with E-state index in [1.54, 1.807) is 6.33 Å². The molecule has 174 valence electrons. The molecule has 0 spiro atoms. The average Bonchev–Trinajstić information content (AvgIpc) is 3.31. The second kappa shape index (κ2) is 9.44. The zero-order valence-electron chi connectivity index (χ0n) is 18.9. The van der Waals surface area contributed by atoms with E-state index in [4.69, 9.17) is 10.8 Å². The van der Waals surface area contributed by atoms with E-state index in [2.05, 4.69) is 70.1 Å². The summed E-state index contributed by atoms with van der Waals surface area (Å²) in [5.74, 6) is 0.956. The molecule has 3 N–H and O–H groups in total. The van der Waals surface area contributed by atoms with Crippen molar-refractivity contribution in [2.45, 2.75) is 31.7 Å². The lowest BCUT2D eigenvalue weighted by Gasteiger charge is -2.13. The van der Waals surface area contributed by atoms with Gasteiger partial charge in [-0.25, -0.2) is 9.50 Å². The Hall–Kier alpha value is -3.42. The minimum atomic E-state index is 0. The van der Waals surface area contributed by atoms with Crippen LogP contribution < -0.4 is 11.1 Å². The van der Waals surface area contributed by atoms with Gasteiger partial charge in [0.05, 0.1) is 12.1 Å². The number of aromatic nitrogens is 5. The van der Waals surface area contributed by atoms with E-state index in [0.717, 1.165) is 60.0 Å². The molecule has 0 aliphatic carbocycles. The molecule has 2 aromatic carbocycles. The highest BCUT2D eigenvalue weighted by molar-refractivity contribution is 5.92. The Balaban J connectivity index is 0.00000241. The number of fused-ring (bicyclic) bond motifs is 2. The summed E-state index contributed by atoms with van der Waals surface area (Å²) in [5.41, 5.74) is 12.8. The van der Waals surface area contributed by atoms with Gasteiger partial charge < -0.3 is 11.1 Å². The van der Waals surface area contributed by atoms with Crippen LogP contribution in [0.5, 0.6) is 0 Å². The van der Waals surface area contributed by atoms with Gasteiger partial charge in [-0.05, 0) is 55.6 Å². The van der Waals surface area contributed by atoms with Gasteiger partial charge in [-0.3, -0.25) is 4.68 Å². The maximum Gasteiger partial charge on any atom is 0.151 e. The number of hydrogen-bond acceptors (Lipinski definition) is 5. The third-order valence-electron chi connectivity index (χ3n) is 6.66. The van der Waals surface area contributed by atoms with E-state index in [1.165, 1.54) is 17.7 Å². The molecular weight excluding hydrogens is 446 g/mol. The van der Waals surface area contributed by atoms with Crippen molar-refractivity contribution in [2.24, 2.45) is 0 Å². The van der Waals surface area contributed by atoms with Gasteiger partial charge in [-0.15, -0.1) is 12.4 Å². The third-order valence-corrected chi connectivity index (χ3v) is 6.66. The molecule has 1 saturated heterocycles. The summed E-state index contributed by atoms with van der Waals surface area (Å²) in [6.07, 6.45) is 7.06. The molecule has 34 heavy (non-hydrogen) atoms. The topological polar surface area (TPSA) is 86.1 Å². The highest BCUT2D eigenvalue weighted by Crippen LogP contribution is 2.36. The molecule has 7 nitrogen and oxygen atoms in total. The van der Waals surface area contributed by atoms with Crippen LogP contribution in [0.25, 0.3) is 27.5 Å². The van der Waals surface area contributed by atoms with Crippen LogP contribution in [0.15, 0.2) is 67.1 Å². The monoisotopic (exact) mass is 473 g/mol. The molecule has 1 fully saturated rings. The molecule has 5 aromatic rings. The largest absolute Gasteiger partial charge is 0.382 e. The van der Waals surface area contributed by atoms with E-state index < -0.39 is 0 Å². The molecule has 1 atom stereocenters. The molecular formula is C26H28ClN7. The Morgan fingerprint density at radius 1 is 1.03 bits per heavy atom. The number of rotatable bonds is 4. The Morgan fingerprint density at radius 3 is 2.79 bits per heavy atom. The van der Waals surface area contributed by atoms with Gasteiger partial charge in [0.1, 0.15) is 11.8 Å². The van der Waals surface area contributed by atoms with Crippen LogP contribution in [0.4, 0.5) is 5.82 Å². The molecule has 1 unspecified atom stereocenters. The van der Waals surface area contributed by atoms with Crippen LogP contribution >= 0.6 is 12.4 Å². The van der Waals surface area contributed by atoms with Gasteiger partial charge in [0.25, 0.3) is 0 Å². The first-order chi connectivity index (χ1) is 16.3. The molecule has 1 aliphatic heterocycles. The molecule has 1 aliphatic rings. The molecule has 0 saturated carbocycles. The van der Waals surface area contributed by atoms with E-state index in [1.807, 2.05) is 15.3 Å². The first kappa shape index (κ1) is 22.4. The van der Waals surface area contributed by atoms with Gasteiger partial charge in [0.15, 0.2) is 5.82 Å². The van der Waals surface area contributed by atoms with Crippen LogP contribution in [-0.2, 0) is 6.54 Å². The summed E-state index contributed by atoms with van der Waals surface area (Å²) >= 11 is 0. The maximum atomic E-state index is 6.37. The number of halogens is 1. The quantitative estimate of drug-likeness (QED) is 0.396. The zero-order valence-corrected chi connectivity index (χ0v) is 19.7. The van der Waals surface area contributed by atoms with E-state index in [0.29, 0.717) is 11.7 Å². The van der Waals surface area contributed by atoms with E-state index >= 15 is 0 Å². The second-order valence-corrected chi connectivity index (χ2v) is 8.85. The van der Waals surface area contributed by atoms with E-state index in [-0.39, 0.29) is 12.4 Å². The lowest BCUT2D eigenvalue weighted by molar-refractivity contribution is 0.578. The normalized spacial score (nSPS) is 16.4. The van der Waals surface area contributed by atoms with Crippen molar-refractivity contribution in [1.82, 2.24) is 29.7 Å². The van der Waals surface area contributed by atoms with Crippen LogP contribution in [0, 0.1) is 0 Å². The summed E-state index contributed by atoms with van der Waals surface area (Å²) in [6, 6.07) is 19.1. The summed E-state index contributed by atoms with van der Waals surface area (Å²) in [5, 5.41) is 14.1. The lowest BCUT2D eigenvalue weighted by Crippen LogP contribution is -2.14. The van der Waals surface area contributed by atoms with Crippen LogP contribution in [0.3, 0.4) is 0 Å². The highest BCUT2D eigenvalue weighted by atomic mass is 35.5. The lowest BCUT2D eigenvalue weighted by atomic mass is 9.96. The minimum absolute atomic E-state index is 0. The molecule has 3 aromatic heterocycles. The highest BCUT2D eigenvalue weighted by Gasteiger charge is 2.22. The summed E-state index contributed by atoms with van der Waals surface area (Å²) < 4.78 is 4.01. The molecule has 0 radical (unpaired) electrons. The van der Waals surface area contributed by atoms with Crippen molar-refractivity contribution in [3.8, 4) is 11.1 Å². The molecule has 4 heterocycles. The predicted molar refractivity (Wildman–Crippen MR) is 138 cm³/mol. The number of nitrogens with two attached hydrogens (primary N) is 1. The van der Waals surface area contributed by atoms with Crippen molar-refractivity contribution < 1.29 is 0 Å². The number of anilines is 1. The first-order valence-electron chi connectivity index (χ1n) is 11.6. The van der Waals surface area contributed by atoms with Crippen LogP contribution in [-0.4, -0.2) is 37.5 Å². The van der Waals surface area contributed by atoms with Crippen LogP contribution in [0.1, 0.15) is 36.4 Å². The SMILES string of the molecule is Cl.Nc1ncnn2c(C3CCCNCC3)cc(-c3ccc4cn(Cc5ccccc5)nc4c3)c12. The van der Waals surface area contributed by atoms with Crippen molar-refractivity contribution in [2.75, 3.05) is 18.8 Å². The minimum Gasteiger partial charge on any atom is -0.382 e. The van der Waals surface area contributed by atoms with Crippen molar-refractivity contribution in [3.05, 3.63) is 78.4 Å². The summed E-state index contributed by atoms with van der Waals surface area (Å²) in [6.45, 7) is 2.85. The molecule has 0 amide bonds. The van der Waals surface area contributed by atoms with Crippen molar-refractivity contribution >= 4 is 34.6 Å². The Labute approximate surface area is 204 Å². The number of nitrogens with zero attached hydrogens (tertiary/aromatic N) is 5. The van der Waals surface area contributed by atoms with Crippen molar-refractivity contribution in [3.63, 3.8) is 0 Å². The van der Waals surface area contributed by atoms with Gasteiger partial charge in [-0.1, -0.05) is 42.5 Å². The average molecular weight is 474 g/mol. The number of hydrogen-bond donors (Lipinski definition) is 2. The fraction of sp³-hybridized carbons (Fsp3) is 0.269. The third kappa shape index (κ3) is 4.13. The maximum absolute atomic E-state index is 6.37. The first-order valence-corrected chi connectivity index (χ1v) is 11.6. The van der Waals surface area contributed by atoms with Gasteiger partial charge in [0.2, 0.25) is 0 Å². The fourth-order valence-electron chi connectivity index (χ4n) is 5.00. The van der Waals surface area contributed by atoms with Gasteiger partial charge >= 0.3 is 0 Å². The Bertz CT molecular complexity index is 1420. The summed E-state index contributed by atoms with van der Waals surface area (Å²) in [7, 11) is 0. The Kier molecular flexibility index (Phi) is 6.22. The number of nitrogen functional groups attached to an aromatic ring is 1. The Morgan fingerprint density at radius 2 is 1.91 bits per heavy atom. The van der Waals surface area contributed by atoms with Crippen molar-refractivity contribution in [1.29, 1.82) is 0 Å². The summed E-state index contributed by atoms with van der Waals surface area (Å²) in [4.78, 5) is 4.30. The zero-order chi connectivity index (χ0) is 22.2.